The molecule has 1 saturated carbocycles. The molecule has 1 aromatic heterocycles. The highest BCUT2D eigenvalue weighted by atomic mass is 35.5. The van der Waals surface area contributed by atoms with Crippen molar-refractivity contribution in [2.75, 3.05) is 0 Å². The van der Waals surface area contributed by atoms with Gasteiger partial charge in [0.25, 0.3) is 0 Å². The number of carboxylic acid groups (broad SMARTS) is 1. The van der Waals surface area contributed by atoms with E-state index in [2.05, 4.69) is 10.3 Å². The lowest BCUT2D eigenvalue weighted by atomic mass is 10.2. The Morgan fingerprint density at radius 3 is 2.68 bits per heavy atom. The van der Waals surface area contributed by atoms with Gasteiger partial charge in [-0.05, 0) is 31.0 Å². The molecule has 0 bridgehead atoms. The van der Waals surface area contributed by atoms with Gasteiger partial charge in [-0.25, -0.2) is 9.48 Å². The first-order valence-electron chi connectivity index (χ1n) is 5.72. The third-order valence-electron chi connectivity index (χ3n) is 3.01. The first kappa shape index (κ1) is 12.4. The maximum Gasteiger partial charge on any atom is 0.358 e. The van der Waals surface area contributed by atoms with Crippen LogP contribution < -0.4 is 0 Å². The van der Waals surface area contributed by atoms with E-state index in [1.165, 1.54) is 4.68 Å². The zero-order chi connectivity index (χ0) is 13.6. The average Bonchev–Trinajstić information content (AvgIpc) is 3.08. The highest BCUT2D eigenvalue weighted by Gasteiger charge is 2.34. The van der Waals surface area contributed by atoms with E-state index in [1.807, 2.05) is 0 Å². The molecular formula is C12H9Cl2N3O2. The summed E-state index contributed by atoms with van der Waals surface area (Å²) < 4.78 is 1.50. The molecule has 0 aliphatic heterocycles. The van der Waals surface area contributed by atoms with Crippen molar-refractivity contribution in [3.8, 4) is 5.69 Å². The van der Waals surface area contributed by atoms with Crippen LogP contribution in [0.15, 0.2) is 18.2 Å². The molecule has 0 unspecified atom stereocenters. The Hall–Kier alpha value is -1.59. The number of hydrogen-bond donors (Lipinski definition) is 1. The van der Waals surface area contributed by atoms with E-state index in [-0.39, 0.29) is 11.6 Å². The first-order valence-corrected chi connectivity index (χ1v) is 6.48. The molecule has 3 rings (SSSR count). The van der Waals surface area contributed by atoms with Crippen molar-refractivity contribution in [2.45, 2.75) is 18.8 Å². The second-order valence-corrected chi connectivity index (χ2v) is 5.25. The van der Waals surface area contributed by atoms with Gasteiger partial charge in [-0.3, -0.25) is 0 Å². The molecule has 98 valence electrons. The Bertz CT molecular complexity index is 665. The fraction of sp³-hybridized carbons (Fsp3) is 0.250. The number of rotatable bonds is 3. The molecule has 7 heteroatoms. The van der Waals surface area contributed by atoms with Gasteiger partial charge in [-0.2, -0.15) is 0 Å². The van der Waals surface area contributed by atoms with E-state index in [4.69, 9.17) is 28.3 Å². The molecule has 5 nitrogen and oxygen atoms in total. The van der Waals surface area contributed by atoms with Crippen LogP contribution >= 0.6 is 23.2 Å². The topological polar surface area (TPSA) is 68.0 Å². The maximum absolute atomic E-state index is 11.2. The lowest BCUT2D eigenvalue weighted by Gasteiger charge is -2.08. The minimum atomic E-state index is -1.07. The van der Waals surface area contributed by atoms with Crippen molar-refractivity contribution < 1.29 is 9.90 Å². The summed E-state index contributed by atoms with van der Waals surface area (Å²) in [6.07, 6.45) is 1.89. The fourth-order valence-corrected chi connectivity index (χ4v) is 2.48. The standard InChI is InChI=1S/C12H9Cl2N3O2/c13-7-3-4-9(8(14)5-7)17-11(6-1-2-6)10(12(18)19)15-16-17/h3-6H,1-2H2,(H,18,19). The molecule has 0 saturated heterocycles. The van der Waals surface area contributed by atoms with Gasteiger partial charge in [0.05, 0.1) is 16.4 Å². The molecule has 1 aromatic carbocycles. The quantitative estimate of drug-likeness (QED) is 0.945. The van der Waals surface area contributed by atoms with E-state index in [9.17, 15) is 4.79 Å². The molecule has 1 aliphatic carbocycles. The number of nitrogens with zero attached hydrogens (tertiary/aromatic N) is 3. The van der Waals surface area contributed by atoms with Crippen molar-refractivity contribution in [3.05, 3.63) is 39.6 Å². The summed E-state index contributed by atoms with van der Waals surface area (Å²) >= 11 is 12.0. The van der Waals surface area contributed by atoms with Gasteiger partial charge in [0.1, 0.15) is 0 Å². The van der Waals surface area contributed by atoms with E-state index < -0.39 is 5.97 Å². The molecule has 2 aromatic rings. The van der Waals surface area contributed by atoms with Gasteiger partial charge in [-0.1, -0.05) is 28.4 Å². The highest BCUT2D eigenvalue weighted by Crippen LogP contribution is 2.42. The fourth-order valence-electron chi connectivity index (χ4n) is 2.00. The number of hydrogen-bond acceptors (Lipinski definition) is 3. The van der Waals surface area contributed by atoms with Crippen molar-refractivity contribution in [1.82, 2.24) is 15.0 Å². The van der Waals surface area contributed by atoms with Crippen LogP contribution in [0.25, 0.3) is 5.69 Å². The molecule has 0 amide bonds. The summed E-state index contributed by atoms with van der Waals surface area (Å²) in [5.41, 5.74) is 1.19. The van der Waals surface area contributed by atoms with E-state index in [0.717, 1.165) is 12.8 Å². The molecule has 0 atom stereocenters. The smallest absolute Gasteiger partial charge is 0.358 e. The Morgan fingerprint density at radius 2 is 2.11 bits per heavy atom. The van der Waals surface area contributed by atoms with Gasteiger partial charge >= 0.3 is 5.97 Å². The van der Waals surface area contributed by atoms with E-state index in [0.29, 0.717) is 21.4 Å². The minimum Gasteiger partial charge on any atom is -0.476 e. The monoisotopic (exact) mass is 297 g/mol. The van der Waals surface area contributed by atoms with Crippen molar-refractivity contribution in [3.63, 3.8) is 0 Å². The van der Waals surface area contributed by atoms with Crippen LogP contribution in [-0.4, -0.2) is 26.1 Å². The molecule has 19 heavy (non-hydrogen) atoms. The van der Waals surface area contributed by atoms with Crippen LogP contribution in [0.1, 0.15) is 34.9 Å². The second kappa shape index (κ2) is 4.51. The largest absolute Gasteiger partial charge is 0.476 e. The Morgan fingerprint density at radius 1 is 1.37 bits per heavy atom. The van der Waals surface area contributed by atoms with Gasteiger partial charge in [0.2, 0.25) is 0 Å². The molecule has 0 spiro atoms. The van der Waals surface area contributed by atoms with Gasteiger partial charge in [-0.15, -0.1) is 5.10 Å². The normalized spacial score (nSPS) is 14.6. The summed E-state index contributed by atoms with van der Waals surface area (Å²) in [4.78, 5) is 11.2. The highest BCUT2D eigenvalue weighted by molar-refractivity contribution is 6.35. The summed E-state index contributed by atoms with van der Waals surface area (Å²) in [5.74, 6) is -0.883. The Balaban J connectivity index is 2.17. The van der Waals surface area contributed by atoms with Gasteiger partial charge < -0.3 is 5.11 Å². The molecule has 1 aliphatic rings. The van der Waals surface area contributed by atoms with Crippen molar-refractivity contribution in [1.29, 1.82) is 0 Å². The van der Waals surface area contributed by atoms with Crippen LogP contribution in [-0.2, 0) is 0 Å². The predicted octanol–water partition coefficient (Wildman–Crippen LogP) is 3.15. The zero-order valence-electron chi connectivity index (χ0n) is 9.68. The summed E-state index contributed by atoms with van der Waals surface area (Å²) in [7, 11) is 0. The van der Waals surface area contributed by atoms with E-state index >= 15 is 0 Å². The maximum atomic E-state index is 11.2. The van der Waals surface area contributed by atoms with Gasteiger partial charge in [0, 0.05) is 10.9 Å². The molecule has 0 radical (unpaired) electrons. The number of carboxylic acids is 1. The van der Waals surface area contributed by atoms with Crippen molar-refractivity contribution in [2.24, 2.45) is 0 Å². The van der Waals surface area contributed by atoms with Crippen LogP contribution in [0.5, 0.6) is 0 Å². The number of benzene rings is 1. The molecule has 1 heterocycles. The van der Waals surface area contributed by atoms with Crippen LogP contribution in [0.2, 0.25) is 10.0 Å². The Labute approximate surface area is 118 Å². The van der Waals surface area contributed by atoms with Gasteiger partial charge in [0.15, 0.2) is 5.69 Å². The average molecular weight is 298 g/mol. The summed E-state index contributed by atoms with van der Waals surface area (Å²) in [6.45, 7) is 0. The number of halogens is 2. The third kappa shape index (κ3) is 2.19. The number of aromatic carboxylic acids is 1. The summed E-state index contributed by atoms with van der Waals surface area (Å²) in [5, 5.41) is 17.7. The SMILES string of the molecule is O=C(O)c1nnn(-c2ccc(Cl)cc2Cl)c1C1CC1. The van der Waals surface area contributed by atoms with Crippen molar-refractivity contribution >= 4 is 29.2 Å². The lowest BCUT2D eigenvalue weighted by Crippen LogP contribution is -2.06. The number of aromatic nitrogens is 3. The predicted molar refractivity (Wildman–Crippen MR) is 70.3 cm³/mol. The molecule has 1 N–H and O–H groups in total. The minimum absolute atomic E-state index is 0.00600. The zero-order valence-corrected chi connectivity index (χ0v) is 11.2. The van der Waals surface area contributed by atoms with Crippen LogP contribution in [0.3, 0.4) is 0 Å². The second-order valence-electron chi connectivity index (χ2n) is 4.41. The summed E-state index contributed by atoms with van der Waals surface area (Å²) in [6, 6.07) is 4.98. The molecule has 1 fully saturated rings. The van der Waals surface area contributed by atoms with Crippen LogP contribution in [0, 0.1) is 0 Å². The molecular weight excluding hydrogens is 289 g/mol. The third-order valence-corrected chi connectivity index (χ3v) is 3.55. The van der Waals surface area contributed by atoms with Crippen LogP contribution in [0.4, 0.5) is 0 Å². The number of carbonyl (C=O) groups is 1. The lowest BCUT2D eigenvalue weighted by molar-refractivity contribution is 0.0689. The first-order chi connectivity index (χ1) is 9.08. The van der Waals surface area contributed by atoms with E-state index in [1.54, 1.807) is 18.2 Å². The Kier molecular flexibility index (Phi) is 2.95.